The first-order valence-electron chi connectivity index (χ1n) is 5.44. The molecule has 2 rings (SSSR count). The molecule has 0 bridgehead atoms. The first-order chi connectivity index (χ1) is 6.50. The Morgan fingerprint density at radius 1 is 1.43 bits per heavy atom. The Bertz CT molecular complexity index is 246. The topological polar surface area (TPSA) is 29.5 Å². The number of carbonyl (C=O) groups is 1. The predicted molar refractivity (Wildman–Crippen MR) is 53.9 cm³/mol. The highest BCUT2D eigenvalue weighted by atomic mass is 16.5. The normalized spacial score (nSPS) is 31.6. The second kappa shape index (κ2) is 3.23. The van der Waals surface area contributed by atoms with Gasteiger partial charge in [0.2, 0.25) is 5.91 Å². The quantitative estimate of drug-likeness (QED) is 0.636. The lowest BCUT2D eigenvalue weighted by Gasteiger charge is -2.44. The summed E-state index contributed by atoms with van der Waals surface area (Å²) in [6, 6.07) is 0. The van der Waals surface area contributed by atoms with Gasteiger partial charge in [-0.2, -0.15) is 0 Å². The average Bonchev–Trinajstić information content (AvgIpc) is 2.91. The molecule has 0 aromatic carbocycles. The number of nitrogens with zero attached hydrogens (tertiary/aromatic N) is 1. The van der Waals surface area contributed by atoms with Gasteiger partial charge >= 0.3 is 0 Å². The van der Waals surface area contributed by atoms with E-state index < -0.39 is 0 Å². The average molecular weight is 197 g/mol. The number of hydrogen-bond acceptors (Lipinski definition) is 2. The van der Waals surface area contributed by atoms with E-state index in [1.807, 2.05) is 11.8 Å². The summed E-state index contributed by atoms with van der Waals surface area (Å²) in [6.45, 7) is 7.61. The molecule has 1 atom stereocenters. The van der Waals surface area contributed by atoms with Crippen LogP contribution in [0.5, 0.6) is 0 Å². The predicted octanol–water partition coefficient (Wildman–Crippen LogP) is 1.42. The Morgan fingerprint density at radius 3 is 2.64 bits per heavy atom. The van der Waals surface area contributed by atoms with E-state index in [1.54, 1.807) is 0 Å². The second-order valence-corrected chi connectivity index (χ2v) is 5.16. The van der Waals surface area contributed by atoms with E-state index >= 15 is 0 Å². The van der Waals surface area contributed by atoms with Crippen LogP contribution < -0.4 is 0 Å². The Kier molecular flexibility index (Phi) is 2.30. The molecule has 14 heavy (non-hydrogen) atoms. The summed E-state index contributed by atoms with van der Waals surface area (Å²) >= 11 is 0. The van der Waals surface area contributed by atoms with E-state index in [-0.39, 0.29) is 11.6 Å². The lowest BCUT2D eigenvalue weighted by molar-refractivity contribution is -0.154. The van der Waals surface area contributed by atoms with Crippen molar-refractivity contribution in [1.82, 2.24) is 4.90 Å². The van der Waals surface area contributed by atoms with Gasteiger partial charge in [0, 0.05) is 12.5 Å². The van der Waals surface area contributed by atoms with Crippen molar-refractivity contribution in [3.8, 4) is 0 Å². The zero-order valence-corrected chi connectivity index (χ0v) is 9.25. The molecule has 0 radical (unpaired) electrons. The minimum Gasteiger partial charge on any atom is -0.374 e. The molecule has 1 aliphatic carbocycles. The van der Waals surface area contributed by atoms with E-state index in [1.165, 1.54) is 0 Å². The van der Waals surface area contributed by atoms with Gasteiger partial charge in [-0.3, -0.25) is 4.79 Å². The monoisotopic (exact) mass is 197 g/mol. The maximum atomic E-state index is 12.0. The molecule has 1 heterocycles. The Balaban J connectivity index is 2.08. The molecule has 0 aromatic rings. The van der Waals surface area contributed by atoms with Gasteiger partial charge in [0.15, 0.2) is 0 Å². The fourth-order valence-corrected chi connectivity index (χ4v) is 1.92. The molecule has 0 aromatic heterocycles. The fourth-order valence-electron chi connectivity index (χ4n) is 1.92. The van der Waals surface area contributed by atoms with Crippen LogP contribution >= 0.6 is 0 Å². The van der Waals surface area contributed by atoms with Crippen LogP contribution in [-0.4, -0.2) is 35.6 Å². The Hall–Kier alpha value is -0.570. The molecule has 3 nitrogen and oxygen atoms in total. The summed E-state index contributed by atoms with van der Waals surface area (Å²) in [5.74, 6) is 0.657. The fraction of sp³-hybridized carbons (Fsp3) is 0.909. The highest BCUT2D eigenvalue weighted by molar-refractivity contribution is 5.81. The van der Waals surface area contributed by atoms with Crippen molar-refractivity contribution in [3.63, 3.8) is 0 Å². The summed E-state index contributed by atoms with van der Waals surface area (Å²) < 4.78 is 5.58. The van der Waals surface area contributed by atoms with Crippen molar-refractivity contribution in [2.75, 3.05) is 13.2 Å². The number of hydrogen-bond donors (Lipinski definition) is 0. The standard InChI is InChI=1S/C11H19NO2/c1-8-6-12(10(13)9-4-5-9)11(2,3)7-14-8/h8-9H,4-7H2,1-3H3. The molecule has 80 valence electrons. The van der Waals surface area contributed by atoms with Crippen molar-refractivity contribution in [1.29, 1.82) is 0 Å². The van der Waals surface area contributed by atoms with Crippen LogP contribution in [0, 0.1) is 5.92 Å². The summed E-state index contributed by atoms with van der Waals surface area (Å²) in [6.07, 6.45) is 2.35. The molecule has 0 N–H and O–H groups in total. The molecule has 1 unspecified atom stereocenters. The Labute approximate surface area is 85.4 Å². The zero-order valence-electron chi connectivity index (χ0n) is 9.25. The van der Waals surface area contributed by atoms with Crippen LogP contribution in [0.1, 0.15) is 33.6 Å². The van der Waals surface area contributed by atoms with Crippen molar-refractivity contribution in [2.24, 2.45) is 5.92 Å². The SMILES string of the molecule is CC1CN(C(=O)C2CC2)C(C)(C)CO1. The van der Waals surface area contributed by atoms with E-state index in [0.29, 0.717) is 18.4 Å². The van der Waals surface area contributed by atoms with Crippen LogP contribution in [0.15, 0.2) is 0 Å². The number of ether oxygens (including phenoxy) is 1. The van der Waals surface area contributed by atoms with Crippen LogP contribution in [0.25, 0.3) is 0 Å². The maximum absolute atomic E-state index is 12.0. The van der Waals surface area contributed by atoms with Crippen LogP contribution in [0.2, 0.25) is 0 Å². The van der Waals surface area contributed by atoms with Crippen LogP contribution in [0.4, 0.5) is 0 Å². The van der Waals surface area contributed by atoms with Gasteiger partial charge in [-0.05, 0) is 33.6 Å². The summed E-state index contributed by atoms with van der Waals surface area (Å²) in [5, 5.41) is 0. The largest absolute Gasteiger partial charge is 0.374 e. The first kappa shape index (κ1) is 9.97. The molecule has 1 saturated heterocycles. The number of carbonyl (C=O) groups excluding carboxylic acids is 1. The lowest BCUT2D eigenvalue weighted by Crippen LogP contribution is -2.58. The van der Waals surface area contributed by atoms with Gasteiger partial charge in [0.1, 0.15) is 0 Å². The first-order valence-corrected chi connectivity index (χ1v) is 5.44. The van der Waals surface area contributed by atoms with E-state index in [4.69, 9.17) is 4.74 Å². The van der Waals surface area contributed by atoms with Gasteiger partial charge in [-0.15, -0.1) is 0 Å². The third-order valence-electron chi connectivity index (χ3n) is 3.08. The molecule has 3 heteroatoms. The smallest absolute Gasteiger partial charge is 0.226 e. The lowest BCUT2D eigenvalue weighted by atomic mass is 10.00. The van der Waals surface area contributed by atoms with Crippen molar-refractivity contribution < 1.29 is 9.53 Å². The number of amides is 1. The van der Waals surface area contributed by atoms with E-state index in [0.717, 1.165) is 19.4 Å². The summed E-state index contributed by atoms with van der Waals surface area (Å²) in [7, 11) is 0. The highest BCUT2D eigenvalue weighted by Crippen LogP contribution is 2.34. The van der Waals surface area contributed by atoms with Gasteiger partial charge in [-0.1, -0.05) is 0 Å². The molecule has 1 aliphatic heterocycles. The van der Waals surface area contributed by atoms with Crippen LogP contribution in [0.3, 0.4) is 0 Å². The van der Waals surface area contributed by atoms with Gasteiger partial charge < -0.3 is 9.64 Å². The molecular weight excluding hydrogens is 178 g/mol. The third kappa shape index (κ3) is 1.78. The third-order valence-corrected chi connectivity index (χ3v) is 3.08. The Morgan fingerprint density at radius 2 is 2.07 bits per heavy atom. The van der Waals surface area contributed by atoms with Crippen molar-refractivity contribution in [3.05, 3.63) is 0 Å². The maximum Gasteiger partial charge on any atom is 0.226 e. The zero-order chi connectivity index (χ0) is 10.3. The number of morpholine rings is 1. The summed E-state index contributed by atoms with van der Waals surface area (Å²) in [4.78, 5) is 14.0. The molecule has 1 amide bonds. The van der Waals surface area contributed by atoms with Gasteiger partial charge in [0.25, 0.3) is 0 Å². The highest BCUT2D eigenvalue weighted by Gasteiger charge is 2.42. The molecular formula is C11H19NO2. The van der Waals surface area contributed by atoms with Gasteiger partial charge in [0.05, 0.1) is 18.2 Å². The van der Waals surface area contributed by atoms with E-state index in [2.05, 4.69) is 13.8 Å². The van der Waals surface area contributed by atoms with Crippen molar-refractivity contribution in [2.45, 2.75) is 45.3 Å². The summed E-state index contributed by atoms with van der Waals surface area (Å²) in [5.41, 5.74) is -0.119. The minimum absolute atomic E-state index is 0.119. The number of rotatable bonds is 1. The van der Waals surface area contributed by atoms with Crippen LogP contribution in [-0.2, 0) is 9.53 Å². The second-order valence-electron chi connectivity index (χ2n) is 5.16. The minimum atomic E-state index is -0.119. The van der Waals surface area contributed by atoms with Gasteiger partial charge in [-0.25, -0.2) is 0 Å². The van der Waals surface area contributed by atoms with Crippen molar-refractivity contribution >= 4 is 5.91 Å². The molecule has 2 aliphatic rings. The molecule has 2 fully saturated rings. The van der Waals surface area contributed by atoms with E-state index in [9.17, 15) is 4.79 Å². The molecule has 0 spiro atoms. The molecule has 1 saturated carbocycles.